The van der Waals surface area contributed by atoms with Crippen LogP contribution >= 0.6 is 0 Å². The Bertz CT molecular complexity index is 998. The van der Waals surface area contributed by atoms with Crippen LogP contribution in [0.2, 0.25) is 0 Å². The summed E-state index contributed by atoms with van der Waals surface area (Å²) < 4.78 is 10.6. The van der Waals surface area contributed by atoms with Crippen LogP contribution in [0.5, 0.6) is 0 Å². The third kappa shape index (κ3) is 4.67. The molecule has 174 valence electrons. The van der Waals surface area contributed by atoms with Gasteiger partial charge in [-0.2, -0.15) is 0 Å². The molecule has 0 radical (unpaired) electrons. The lowest BCUT2D eigenvalue weighted by molar-refractivity contribution is -0.141. The van der Waals surface area contributed by atoms with Gasteiger partial charge in [0, 0.05) is 30.2 Å². The lowest BCUT2D eigenvalue weighted by atomic mass is 9.73. The number of methoxy groups -OCH3 is 1. The van der Waals surface area contributed by atoms with Crippen molar-refractivity contribution < 1.29 is 18.8 Å². The normalized spacial score (nSPS) is 18.9. The molecule has 0 bridgehead atoms. The van der Waals surface area contributed by atoms with E-state index in [1.807, 2.05) is 6.92 Å². The van der Waals surface area contributed by atoms with E-state index >= 15 is 0 Å². The summed E-state index contributed by atoms with van der Waals surface area (Å²) in [6, 6.07) is 0. The van der Waals surface area contributed by atoms with E-state index in [1.165, 1.54) is 34.9 Å². The Balaban J connectivity index is 1.84. The summed E-state index contributed by atoms with van der Waals surface area (Å²) in [5.41, 5.74) is 8.96. The van der Waals surface area contributed by atoms with Crippen LogP contribution in [0.25, 0.3) is 0 Å². The molecule has 1 fully saturated rings. The summed E-state index contributed by atoms with van der Waals surface area (Å²) in [6.07, 6.45) is 2.93. The van der Waals surface area contributed by atoms with Crippen molar-refractivity contribution in [2.24, 2.45) is 5.92 Å². The molecule has 3 rings (SSSR count). The molecule has 0 aliphatic heterocycles. The molecule has 1 aromatic heterocycles. The maximum Gasteiger partial charge on any atom is 0.306 e. The van der Waals surface area contributed by atoms with Gasteiger partial charge in [0.15, 0.2) is 0 Å². The molecule has 1 aliphatic rings. The Labute approximate surface area is 191 Å². The van der Waals surface area contributed by atoms with Gasteiger partial charge in [-0.25, -0.2) is 0 Å². The highest BCUT2D eigenvalue weighted by molar-refractivity contribution is 5.83. The smallest absolute Gasteiger partial charge is 0.306 e. The Hall–Kier alpha value is -2.43. The van der Waals surface area contributed by atoms with Crippen LogP contribution in [0.4, 0.5) is 0 Å². The maximum absolute atomic E-state index is 13.2. The standard InChI is InChI=1S/C27H37NO4/c1-14-9-22(10-14)27-20(7)26(28-32-27)21(12-25(30)31-8)11-23(29)13-24-18(5)16(3)15(2)17(4)19(24)6/h14,21-22H,9-13H2,1-8H3/t14?,21-,22?/m1/s1. The number of ether oxygens (including phenoxy) is 1. The number of esters is 1. The second-order valence-electron chi connectivity index (χ2n) is 9.83. The van der Waals surface area contributed by atoms with Gasteiger partial charge < -0.3 is 9.26 Å². The van der Waals surface area contributed by atoms with Crippen LogP contribution in [0, 0.1) is 47.5 Å². The molecule has 0 amide bonds. The molecule has 5 nitrogen and oxygen atoms in total. The van der Waals surface area contributed by atoms with Crippen molar-refractivity contribution in [3.63, 3.8) is 0 Å². The predicted octanol–water partition coefficient (Wildman–Crippen LogP) is 5.89. The third-order valence-corrected chi connectivity index (χ3v) is 7.77. The monoisotopic (exact) mass is 439 g/mol. The fourth-order valence-corrected chi connectivity index (χ4v) is 5.18. The van der Waals surface area contributed by atoms with Crippen LogP contribution in [0.15, 0.2) is 4.52 Å². The van der Waals surface area contributed by atoms with Gasteiger partial charge in [-0.1, -0.05) is 12.1 Å². The van der Waals surface area contributed by atoms with Crippen molar-refractivity contribution in [3.05, 3.63) is 50.4 Å². The van der Waals surface area contributed by atoms with E-state index in [9.17, 15) is 9.59 Å². The van der Waals surface area contributed by atoms with Gasteiger partial charge in [0.25, 0.3) is 0 Å². The van der Waals surface area contributed by atoms with Crippen molar-refractivity contribution in [1.29, 1.82) is 0 Å². The van der Waals surface area contributed by atoms with E-state index in [1.54, 1.807) is 0 Å². The van der Waals surface area contributed by atoms with Crippen molar-refractivity contribution >= 4 is 11.8 Å². The van der Waals surface area contributed by atoms with E-state index in [0.29, 0.717) is 18.3 Å². The van der Waals surface area contributed by atoms with E-state index in [4.69, 9.17) is 9.26 Å². The molecule has 2 aromatic rings. The van der Waals surface area contributed by atoms with Crippen LogP contribution in [-0.2, 0) is 20.7 Å². The summed E-state index contributed by atoms with van der Waals surface area (Å²) in [6.45, 7) is 14.8. The molecule has 5 heteroatoms. The number of aromatic nitrogens is 1. The molecule has 32 heavy (non-hydrogen) atoms. The van der Waals surface area contributed by atoms with Crippen molar-refractivity contribution in [3.8, 4) is 0 Å². The SMILES string of the molecule is COC(=O)C[C@@H](CC(=O)Cc1c(C)c(C)c(C)c(C)c1C)c1noc(C2CC(C)C2)c1C. The topological polar surface area (TPSA) is 69.4 Å². The molecular formula is C27H37NO4. The summed E-state index contributed by atoms with van der Waals surface area (Å²) in [5.74, 6) is 1.44. The number of rotatable bonds is 8. The van der Waals surface area contributed by atoms with Gasteiger partial charge in [0.2, 0.25) is 0 Å². The van der Waals surface area contributed by atoms with Gasteiger partial charge in [0.05, 0.1) is 19.2 Å². The number of ketones is 1. The van der Waals surface area contributed by atoms with Crippen LogP contribution < -0.4 is 0 Å². The molecule has 1 atom stereocenters. The maximum atomic E-state index is 13.2. The molecule has 0 saturated heterocycles. The third-order valence-electron chi connectivity index (χ3n) is 7.77. The predicted molar refractivity (Wildman–Crippen MR) is 125 cm³/mol. The first-order valence-electron chi connectivity index (χ1n) is 11.6. The molecule has 1 aromatic carbocycles. The molecular weight excluding hydrogens is 402 g/mol. The second-order valence-corrected chi connectivity index (χ2v) is 9.83. The zero-order chi connectivity index (χ0) is 23.7. The fourth-order valence-electron chi connectivity index (χ4n) is 5.18. The quantitative estimate of drug-likeness (QED) is 0.480. The van der Waals surface area contributed by atoms with Gasteiger partial charge in [0.1, 0.15) is 11.5 Å². The average molecular weight is 440 g/mol. The highest BCUT2D eigenvalue weighted by atomic mass is 16.5. The van der Waals surface area contributed by atoms with Crippen LogP contribution in [0.3, 0.4) is 0 Å². The number of hydrogen-bond acceptors (Lipinski definition) is 5. The molecule has 0 unspecified atom stereocenters. The molecule has 1 heterocycles. The summed E-state index contributed by atoms with van der Waals surface area (Å²) in [5, 5.41) is 4.33. The number of carbonyl (C=O) groups is 2. The minimum atomic E-state index is -0.335. The second kappa shape index (κ2) is 9.60. The highest BCUT2D eigenvalue weighted by Gasteiger charge is 2.34. The van der Waals surface area contributed by atoms with E-state index in [2.05, 4.69) is 46.7 Å². The first kappa shape index (κ1) is 24.2. The van der Waals surface area contributed by atoms with E-state index in [0.717, 1.165) is 35.4 Å². The zero-order valence-electron chi connectivity index (χ0n) is 20.8. The summed E-state index contributed by atoms with van der Waals surface area (Å²) in [7, 11) is 1.38. The highest BCUT2D eigenvalue weighted by Crippen LogP contribution is 2.44. The van der Waals surface area contributed by atoms with Gasteiger partial charge in [-0.15, -0.1) is 0 Å². The summed E-state index contributed by atoms with van der Waals surface area (Å²) >= 11 is 0. The lowest BCUT2D eigenvalue weighted by Gasteiger charge is -2.30. The van der Waals surface area contributed by atoms with Gasteiger partial charge in [-0.3, -0.25) is 9.59 Å². The first-order chi connectivity index (χ1) is 15.0. The molecule has 1 aliphatic carbocycles. The number of Topliss-reactive ketones (excluding diaryl/α,β-unsaturated/α-hetero) is 1. The Kier molecular flexibility index (Phi) is 7.26. The first-order valence-corrected chi connectivity index (χ1v) is 11.6. The number of hydrogen-bond donors (Lipinski definition) is 0. The molecule has 0 N–H and O–H groups in total. The minimum absolute atomic E-state index is 0.106. The van der Waals surface area contributed by atoms with Gasteiger partial charge >= 0.3 is 5.97 Å². The summed E-state index contributed by atoms with van der Waals surface area (Å²) in [4.78, 5) is 25.4. The lowest BCUT2D eigenvalue weighted by Crippen LogP contribution is -2.19. The number of nitrogens with zero attached hydrogens (tertiary/aromatic N) is 1. The van der Waals surface area contributed by atoms with Gasteiger partial charge in [-0.05, 0) is 93.7 Å². The van der Waals surface area contributed by atoms with Crippen molar-refractivity contribution in [2.45, 2.75) is 92.4 Å². The number of carbonyl (C=O) groups excluding carboxylic acids is 2. The zero-order valence-corrected chi connectivity index (χ0v) is 20.8. The Morgan fingerprint density at radius 2 is 1.50 bits per heavy atom. The minimum Gasteiger partial charge on any atom is -0.469 e. The number of benzene rings is 1. The Morgan fingerprint density at radius 3 is 2.03 bits per heavy atom. The fraction of sp³-hybridized carbons (Fsp3) is 0.593. The molecule has 1 saturated carbocycles. The van der Waals surface area contributed by atoms with E-state index in [-0.39, 0.29) is 30.5 Å². The van der Waals surface area contributed by atoms with Crippen molar-refractivity contribution in [1.82, 2.24) is 5.16 Å². The Morgan fingerprint density at radius 1 is 0.938 bits per heavy atom. The van der Waals surface area contributed by atoms with E-state index < -0.39 is 0 Å². The van der Waals surface area contributed by atoms with Crippen LogP contribution in [-0.4, -0.2) is 24.0 Å². The van der Waals surface area contributed by atoms with Crippen molar-refractivity contribution in [2.75, 3.05) is 7.11 Å². The van der Waals surface area contributed by atoms with Crippen LogP contribution in [0.1, 0.15) is 94.8 Å². The largest absolute Gasteiger partial charge is 0.469 e. The molecule has 0 spiro atoms. The average Bonchev–Trinajstić information content (AvgIpc) is 3.11.